The summed E-state index contributed by atoms with van der Waals surface area (Å²) >= 11 is 17.8. The molecule has 1 amide bonds. The average molecular weight is 402 g/mol. The molecule has 130 valence electrons. The molecular weight excluding hydrogens is 383 g/mol. The Bertz CT molecular complexity index is 693. The first kappa shape index (κ1) is 20.4. The fourth-order valence-electron chi connectivity index (χ4n) is 1.68. The number of amides is 1. The average Bonchev–Trinajstić information content (AvgIpc) is 2.39. The van der Waals surface area contributed by atoms with Gasteiger partial charge in [-0.25, -0.2) is 8.42 Å². The summed E-state index contributed by atoms with van der Waals surface area (Å²) in [7, 11) is -3.73. The van der Waals surface area contributed by atoms with Crippen molar-refractivity contribution in [2.24, 2.45) is 5.92 Å². The third kappa shape index (κ3) is 5.71. The van der Waals surface area contributed by atoms with E-state index < -0.39 is 22.5 Å². The molecule has 0 aliphatic heterocycles. The second kappa shape index (κ2) is 7.92. The number of benzene rings is 1. The fraction of sp³-hybridized carbons (Fsp3) is 0.500. The molecule has 0 saturated heterocycles. The van der Waals surface area contributed by atoms with Gasteiger partial charge in [0.25, 0.3) is 0 Å². The predicted molar refractivity (Wildman–Crippen MR) is 96.1 cm³/mol. The lowest BCUT2D eigenvalue weighted by atomic mass is 10.1. The zero-order chi connectivity index (χ0) is 17.9. The maximum Gasteiger partial charge on any atom is 0.240 e. The molecule has 0 bridgehead atoms. The summed E-state index contributed by atoms with van der Waals surface area (Å²) in [6.07, 6.45) is 0.991. The quantitative estimate of drug-likeness (QED) is 0.741. The van der Waals surface area contributed by atoms with Gasteiger partial charge in [0.15, 0.2) is 0 Å². The summed E-state index contributed by atoms with van der Waals surface area (Å²) in [5, 5.41) is 3.19. The van der Waals surface area contributed by atoms with Crippen LogP contribution in [0.4, 0.5) is 5.69 Å². The minimum absolute atomic E-state index is 0.0896. The van der Waals surface area contributed by atoms with Gasteiger partial charge in [-0.05, 0) is 25.0 Å². The molecule has 1 atom stereocenters. The molecule has 0 fully saturated rings. The topological polar surface area (TPSA) is 66.5 Å². The van der Waals surface area contributed by atoms with Gasteiger partial charge in [-0.15, -0.1) is 0 Å². The van der Waals surface area contributed by atoms with Crippen LogP contribution in [0.15, 0.2) is 12.1 Å². The second-order valence-corrected chi connectivity index (χ2v) is 8.72. The zero-order valence-electron chi connectivity index (χ0n) is 13.2. The lowest BCUT2D eigenvalue weighted by molar-refractivity contribution is -0.120. The molecule has 0 heterocycles. The van der Waals surface area contributed by atoms with Crippen molar-refractivity contribution in [3.8, 4) is 0 Å². The Hall–Kier alpha value is -0.690. The molecule has 0 aliphatic rings. The standard InChI is InChI=1S/C14H19Cl3N2O3S/c1-8(2)9(3)18-14(20)7-19(23(4,21)22)13-6-11(16)10(15)5-12(13)17/h5-6,8-9H,7H2,1-4H3,(H,18,20). The number of hydrogen-bond acceptors (Lipinski definition) is 3. The van der Waals surface area contributed by atoms with Gasteiger partial charge < -0.3 is 5.32 Å². The number of carbonyl (C=O) groups is 1. The van der Waals surface area contributed by atoms with Crippen LogP contribution in [0.2, 0.25) is 15.1 Å². The summed E-state index contributed by atoms with van der Waals surface area (Å²) in [6, 6.07) is 2.58. The van der Waals surface area contributed by atoms with Crippen LogP contribution in [0.3, 0.4) is 0 Å². The molecule has 1 aromatic carbocycles. The lowest BCUT2D eigenvalue weighted by Gasteiger charge is -2.25. The van der Waals surface area contributed by atoms with Crippen LogP contribution >= 0.6 is 34.8 Å². The van der Waals surface area contributed by atoms with Crippen molar-refractivity contribution in [3.05, 3.63) is 27.2 Å². The number of nitrogens with zero attached hydrogens (tertiary/aromatic N) is 1. The molecule has 9 heteroatoms. The van der Waals surface area contributed by atoms with Crippen LogP contribution < -0.4 is 9.62 Å². The van der Waals surface area contributed by atoms with Crippen molar-refractivity contribution in [2.75, 3.05) is 17.1 Å². The van der Waals surface area contributed by atoms with Gasteiger partial charge >= 0.3 is 0 Å². The highest BCUT2D eigenvalue weighted by Gasteiger charge is 2.25. The highest BCUT2D eigenvalue weighted by atomic mass is 35.5. The van der Waals surface area contributed by atoms with Crippen molar-refractivity contribution in [1.82, 2.24) is 5.32 Å². The van der Waals surface area contributed by atoms with Gasteiger partial charge in [-0.2, -0.15) is 0 Å². The first-order valence-electron chi connectivity index (χ1n) is 6.85. The van der Waals surface area contributed by atoms with Gasteiger partial charge in [0.1, 0.15) is 6.54 Å². The van der Waals surface area contributed by atoms with Crippen LogP contribution in [0.25, 0.3) is 0 Å². The maximum atomic E-state index is 12.1. The highest BCUT2D eigenvalue weighted by Crippen LogP contribution is 2.35. The zero-order valence-corrected chi connectivity index (χ0v) is 16.3. The third-order valence-electron chi connectivity index (χ3n) is 3.33. The molecule has 1 rings (SSSR count). The van der Waals surface area contributed by atoms with E-state index in [0.29, 0.717) is 0 Å². The highest BCUT2D eigenvalue weighted by molar-refractivity contribution is 7.92. The molecule has 0 radical (unpaired) electrons. The minimum Gasteiger partial charge on any atom is -0.352 e. The van der Waals surface area contributed by atoms with Crippen LogP contribution in [0.1, 0.15) is 20.8 Å². The van der Waals surface area contributed by atoms with Crippen LogP contribution in [-0.4, -0.2) is 33.2 Å². The van der Waals surface area contributed by atoms with E-state index in [2.05, 4.69) is 5.32 Å². The van der Waals surface area contributed by atoms with E-state index in [4.69, 9.17) is 34.8 Å². The summed E-state index contributed by atoms with van der Waals surface area (Å²) in [4.78, 5) is 12.1. The van der Waals surface area contributed by atoms with Crippen LogP contribution in [0, 0.1) is 5.92 Å². The Balaban J connectivity index is 3.13. The van der Waals surface area contributed by atoms with Gasteiger partial charge in [0.2, 0.25) is 15.9 Å². The Morgan fingerprint density at radius 1 is 1.13 bits per heavy atom. The Morgan fingerprint density at radius 2 is 1.65 bits per heavy atom. The molecule has 0 saturated carbocycles. The largest absolute Gasteiger partial charge is 0.352 e. The van der Waals surface area contributed by atoms with E-state index in [1.165, 1.54) is 12.1 Å². The summed E-state index contributed by atoms with van der Waals surface area (Å²) < 4.78 is 25.0. The summed E-state index contributed by atoms with van der Waals surface area (Å²) in [5.41, 5.74) is 0.107. The normalized spacial score (nSPS) is 13.0. The number of rotatable bonds is 6. The van der Waals surface area contributed by atoms with E-state index >= 15 is 0 Å². The number of sulfonamides is 1. The lowest BCUT2D eigenvalue weighted by Crippen LogP contribution is -2.44. The van der Waals surface area contributed by atoms with Crippen molar-refractivity contribution in [2.45, 2.75) is 26.8 Å². The smallest absolute Gasteiger partial charge is 0.240 e. The van der Waals surface area contributed by atoms with E-state index in [0.717, 1.165) is 10.6 Å². The first-order chi connectivity index (χ1) is 10.4. The molecule has 5 nitrogen and oxygen atoms in total. The monoisotopic (exact) mass is 400 g/mol. The molecule has 1 N–H and O–H groups in total. The number of halogens is 3. The van der Waals surface area contributed by atoms with E-state index in [1.807, 2.05) is 20.8 Å². The van der Waals surface area contributed by atoms with Crippen molar-refractivity contribution in [3.63, 3.8) is 0 Å². The molecule has 23 heavy (non-hydrogen) atoms. The predicted octanol–water partition coefficient (Wildman–Crippen LogP) is 3.57. The second-order valence-electron chi connectivity index (χ2n) is 5.59. The fourth-order valence-corrected chi connectivity index (χ4v) is 3.23. The van der Waals surface area contributed by atoms with Crippen LogP contribution in [-0.2, 0) is 14.8 Å². The number of carbonyl (C=O) groups excluding carboxylic acids is 1. The molecule has 1 unspecified atom stereocenters. The Kier molecular flexibility index (Phi) is 7.01. The minimum atomic E-state index is -3.73. The Labute approximate surface area is 151 Å². The SMILES string of the molecule is CC(C)C(C)NC(=O)CN(c1cc(Cl)c(Cl)cc1Cl)S(C)(=O)=O. The molecule has 1 aromatic rings. The third-order valence-corrected chi connectivity index (χ3v) is 5.49. The van der Waals surface area contributed by atoms with Crippen molar-refractivity contribution < 1.29 is 13.2 Å². The van der Waals surface area contributed by atoms with Gasteiger partial charge in [-0.1, -0.05) is 48.7 Å². The first-order valence-corrected chi connectivity index (χ1v) is 9.83. The Morgan fingerprint density at radius 3 is 2.13 bits per heavy atom. The molecule has 0 aromatic heterocycles. The summed E-state index contributed by atoms with van der Waals surface area (Å²) in [6.45, 7) is 5.36. The molecule has 0 spiro atoms. The summed E-state index contributed by atoms with van der Waals surface area (Å²) in [5.74, 6) is -0.210. The van der Waals surface area contributed by atoms with E-state index in [-0.39, 0.29) is 32.7 Å². The van der Waals surface area contributed by atoms with Gasteiger partial charge in [-0.3, -0.25) is 9.10 Å². The van der Waals surface area contributed by atoms with Gasteiger partial charge in [0, 0.05) is 6.04 Å². The van der Waals surface area contributed by atoms with Crippen molar-refractivity contribution in [1.29, 1.82) is 0 Å². The molecule has 0 aliphatic carbocycles. The maximum absolute atomic E-state index is 12.1. The molecular formula is C14H19Cl3N2O3S. The van der Waals surface area contributed by atoms with Gasteiger partial charge in [0.05, 0.1) is 27.0 Å². The number of hydrogen-bond donors (Lipinski definition) is 1. The van der Waals surface area contributed by atoms with E-state index in [9.17, 15) is 13.2 Å². The van der Waals surface area contributed by atoms with E-state index in [1.54, 1.807) is 0 Å². The number of nitrogens with one attached hydrogen (secondary N) is 1. The van der Waals surface area contributed by atoms with Crippen LogP contribution in [0.5, 0.6) is 0 Å². The number of anilines is 1. The van der Waals surface area contributed by atoms with Crippen molar-refractivity contribution >= 4 is 56.4 Å².